The molecule has 6 nitrogen and oxygen atoms in total. The van der Waals surface area contributed by atoms with Crippen LogP contribution in [0.4, 0.5) is 15.8 Å². The van der Waals surface area contributed by atoms with E-state index < -0.39 is 11.8 Å². The van der Waals surface area contributed by atoms with Crippen molar-refractivity contribution in [3.63, 3.8) is 0 Å². The fourth-order valence-electron chi connectivity index (χ4n) is 2.11. The third-order valence-electron chi connectivity index (χ3n) is 3.53. The summed E-state index contributed by atoms with van der Waals surface area (Å²) in [5, 5.41) is 9.51. The quantitative estimate of drug-likeness (QED) is 0.269. The average Bonchev–Trinajstić information content (AvgIpc) is 2.65. The Bertz CT molecular complexity index is 825. The lowest BCUT2D eigenvalue weighted by molar-refractivity contribution is -0.139. The highest BCUT2D eigenvalue weighted by Crippen LogP contribution is 2.23. The number of carbonyl (C=O) groups excluding carboxylic acids is 2. The van der Waals surface area contributed by atoms with E-state index in [2.05, 4.69) is 37.1 Å². The maximum Gasteiger partial charge on any atom is 0.329 e. The standard InChI is InChI=1S/C19H20BrFN4O2/c1-2-3-10-22-18(26)19(27)25-23-12-13-11-14(20)4-9-17(13)24-16-7-5-15(21)6-8-16/h4-9,11-12,24H,2-3,10H2,1H3,(H,22,26)(H,25,27)/b23-12-. The zero-order chi connectivity index (χ0) is 19.6. The van der Waals surface area contributed by atoms with Gasteiger partial charge in [0.1, 0.15) is 5.82 Å². The summed E-state index contributed by atoms with van der Waals surface area (Å²) in [7, 11) is 0. The molecule has 0 heterocycles. The first-order valence-electron chi connectivity index (χ1n) is 8.43. The second kappa shape index (κ2) is 10.4. The molecular weight excluding hydrogens is 415 g/mol. The van der Waals surface area contributed by atoms with Crippen molar-refractivity contribution < 1.29 is 14.0 Å². The summed E-state index contributed by atoms with van der Waals surface area (Å²) in [6.45, 7) is 2.44. The molecule has 0 aliphatic rings. The first kappa shape index (κ1) is 20.6. The average molecular weight is 435 g/mol. The highest BCUT2D eigenvalue weighted by molar-refractivity contribution is 9.10. The molecule has 0 saturated heterocycles. The van der Waals surface area contributed by atoms with Gasteiger partial charge in [0.25, 0.3) is 0 Å². The van der Waals surface area contributed by atoms with Gasteiger partial charge in [-0.3, -0.25) is 9.59 Å². The van der Waals surface area contributed by atoms with Crippen LogP contribution in [-0.4, -0.2) is 24.6 Å². The van der Waals surface area contributed by atoms with Gasteiger partial charge in [0, 0.05) is 28.0 Å². The van der Waals surface area contributed by atoms with Crippen molar-refractivity contribution >= 4 is 45.3 Å². The number of hydrogen-bond donors (Lipinski definition) is 3. The molecule has 0 bridgehead atoms. The second-order valence-electron chi connectivity index (χ2n) is 5.67. The van der Waals surface area contributed by atoms with Crippen LogP contribution in [0.5, 0.6) is 0 Å². The third kappa shape index (κ3) is 6.82. The van der Waals surface area contributed by atoms with Gasteiger partial charge in [-0.05, 0) is 48.9 Å². The predicted octanol–water partition coefficient (Wildman–Crippen LogP) is 3.70. The summed E-state index contributed by atoms with van der Waals surface area (Å²) in [5.41, 5.74) is 4.27. The lowest BCUT2D eigenvalue weighted by atomic mass is 10.2. The monoisotopic (exact) mass is 434 g/mol. The van der Waals surface area contributed by atoms with E-state index in [1.807, 2.05) is 19.1 Å². The van der Waals surface area contributed by atoms with Crippen molar-refractivity contribution in [1.82, 2.24) is 10.7 Å². The van der Waals surface area contributed by atoms with Crippen LogP contribution in [0, 0.1) is 5.82 Å². The lowest BCUT2D eigenvalue weighted by Gasteiger charge is -2.10. The number of anilines is 2. The van der Waals surface area contributed by atoms with Crippen molar-refractivity contribution in [3.8, 4) is 0 Å². The maximum atomic E-state index is 13.0. The van der Waals surface area contributed by atoms with Gasteiger partial charge in [-0.15, -0.1) is 0 Å². The summed E-state index contributed by atoms with van der Waals surface area (Å²) in [5.74, 6) is -1.87. The number of halogens is 2. The smallest absolute Gasteiger partial charge is 0.329 e. The number of amides is 2. The molecule has 0 radical (unpaired) electrons. The minimum atomic E-state index is -0.828. The number of nitrogens with zero attached hydrogens (tertiary/aromatic N) is 1. The van der Waals surface area contributed by atoms with Crippen LogP contribution in [0.2, 0.25) is 0 Å². The van der Waals surface area contributed by atoms with Gasteiger partial charge < -0.3 is 10.6 Å². The molecular formula is C19H20BrFN4O2. The van der Waals surface area contributed by atoms with E-state index >= 15 is 0 Å². The molecule has 27 heavy (non-hydrogen) atoms. The number of carbonyl (C=O) groups is 2. The molecule has 142 valence electrons. The first-order valence-corrected chi connectivity index (χ1v) is 9.22. The maximum absolute atomic E-state index is 13.0. The van der Waals surface area contributed by atoms with Gasteiger partial charge in [-0.25, -0.2) is 9.82 Å². The van der Waals surface area contributed by atoms with Gasteiger partial charge in [0.2, 0.25) is 0 Å². The number of hydrazone groups is 1. The van der Waals surface area contributed by atoms with Crippen LogP contribution in [0.15, 0.2) is 52.0 Å². The normalized spacial score (nSPS) is 10.6. The molecule has 2 aromatic carbocycles. The van der Waals surface area contributed by atoms with E-state index in [0.29, 0.717) is 23.5 Å². The van der Waals surface area contributed by atoms with Crippen LogP contribution >= 0.6 is 15.9 Å². The molecule has 0 aliphatic carbocycles. The molecule has 0 fully saturated rings. The van der Waals surface area contributed by atoms with E-state index in [-0.39, 0.29) is 5.82 Å². The minimum Gasteiger partial charge on any atom is -0.355 e. The lowest BCUT2D eigenvalue weighted by Crippen LogP contribution is -2.38. The Labute approximate surface area is 165 Å². The number of rotatable bonds is 7. The second-order valence-corrected chi connectivity index (χ2v) is 6.59. The van der Waals surface area contributed by atoms with E-state index in [4.69, 9.17) is 0 Å². The fraction of sp³-hybridized carbons (Fsp3) is 0.211. The topological polar surface area (TPSA) is 82.6 Å². The Kier molecular flexibility index (Phi) is 7.94. The van der Waals surface area contributed by atoms with Crippen LogP contribution in [0.1, 0.15) is 25.3 Å². The molecule has 2 rings (SSSR count). The molecule has 3 N–H and O–H groups in total. The van der Waals surface area contributed by atoms with Crippen molar-refractivity contribution in [2.75, 3.05) is 11.9 Å². The van der Waals surface area contributed by atoms with Crippen LogP contribution in [0.25, 0.3) is 0 Å². The first-order chi connectivity index (χ1) is 13.0. The Morgan fingerprint density at radius 2 is 1.89 bits per heavy atom. The summed E-state index contributed by atoms with van der Waals surface area (Å²) in [6, 6.07) is 11.4. The fourth-order valence-corrected chi connectivity index (χ4v) is 2.49. The number of nitrogens with one attached hydrogen (secondary N) is 3. The molecule has 2 aromatic rings. The van der Waals surface area contributed by atoms with Crippen molar-refractivity contribution in [3.05, 3.63) is 58.3 Å². The Morgan fingerprint density at radius 3 is 2.59 bits per heavy atom. The number of benzene rings is 2. The minimum absolute atomic E-state index is 0.321. The highest BCUT2D eigenvalue weighted by Gasteiger charge is 2.11. The van der Waals surface area contributed by atoms with E-state index in [0.717, 1.165) is 17.3 Å². The summed E-state index contributed by atoms with van der Waals surface area (Å²) >= 11 is 3.38. The molecule has 0 aliphatic heterocycles. The zero-order valence-electron chi connectivity index (χ0n) is 14.8. The Morgan fingerprint density at radius 1 is 1.15 bits per heavy atom. The molecule has 0 atom stereocenters. The molecule has 0 saturated carbocycles. The van der Waals surface area contributed by atoms with Gasteiger partial charge >= 0.3 is 11.8 Å². The van der Waals surface area contributed by atoms with Crippen LogP contribution in [0.3, 0.4) is 0 Å². The molecule has 0 unspecified atom stereocenters. The van der Waals surface area contributed by atoms with Gasteiger partial charge in [0.15, 0.2) is 0 Å². The summed E-state index contributed by atoms with van der Waals surface area (Å²) in [4.78, 5) is 23.3. The summed E-state index contributed by atoms with van der Waals surface area (Å²) < 4.78 is 13.9. The number of hydrogen-bond acceptors (Lipinski definition) is 4. The molecule has 2 amide bonds. The SMILES string of the molecule is CCCCNC(=O)C(=O)N/N=C\c1cc(Br)ccc1Nc1ccc(F)cc1. The van der Waals surface area contributed by atoms with E-state index in [1.165, 1.54) is 18.3 Å². The zero-order valence-corrected chi connectivity index (χ0v) is 16.3. The Balaban J connectivity index is 2.03. The van der Waals surface area contributed by atoms with E-state index in [1.54, 1.807) is 18.2 Å². The molecule has 0 aromatic heterocycles. The van der Waals surface area contributed by atoms with Crippen molar-refractivity contribution in [2.45, 2.75) is 19.8 Å². The van der Waals surface area contributed by atoms with Gasteiger partial charge in [0.05, 0.1) is 6.21 Å². The van der Waals surface area contributed by atoms with Gasteiger partial charge in [-0.2, -0.15) is 5.10 Å². The highest BCUT2D eigenvalue weighted by atomic mass is 79.9. The third-order valence-corrected chi connectivity index (χ3v) is 4.02. The number of unbranched alkanes of at least 4 members (excludes halogenated alkanes) is 1. The van der Waals surface area contributed by atoms with Crippen molar-refractivity contribution in [1.29, 1.82) is 0 Å². The Hall–Kier alpha value is -2.74. The molecule has 8 heteroatoms. The van der Waals surface area contributed by atoms with Crippen LogP contribution in [-0.2, 0) is 9.59 Å². The predicted molar refractivity (Wildman–Crippen MR) is 107 cm³/mol. The van der Waals surface area contributed by atoms with Gasteiger partial charge in [-0.1, -0.05) is 29.3 Å². The van der Waals surface area contributed by atoms with Crippen molar-refractivity contribution in [2.24, 2.45) is 5.10 Å². The van der Waals surface area contributed by atoms with Crippen LogP contribution < -0.4 is 16.1 Å². The molecule has 0 spiro atoms. The summed E-state index contributed by atoms with van der Waals surface area (Å²) in [6.07, 6.45) is 3.15. The van der Waals surface area contributed by atoms with E-state index in [9.17, 15) is 14.0 Å². The largest absolute Gasteiger partial charge is 0.355 e.